The number of anilines is 1. The van der Waals surface area contributed by atoms with Crippen LogP contribution in [0.25, 0.3) is 6.08 Å². The summed E-state index contributed by atoms with van der Waals surface area (Å²) >= 11 is 0. The molecule has 1 aromatic carbocycles. The molecule has 216 valence electrons. The van der Waals surface area contributed by atoms with Gasteiger partial charge in [0, 0.05) is 19.2 Å². The number of benzene rings is 1. The second-order valence-corrected chi connectivity index (χ2v) is 10.7. The number of amides is 2. The van der Waals surface area contributed by atoms with Crippen molar-refractivity contribution in [1.82, 2.24) is 0 Å². The van der Waals surface area contributed by atoms with E-state index >= 15 is 0 Å². The molecule has 41 heavy (non-hydrogen) atoms. The third-order valence-corrected chi connectivity index (χ3v) is 8.29. The van der Waals surface area contributed by atoms with Gasteiger partial charge in [-0.15, -0.1) is 0 Å². The fourth-order valence-corrected chi connectivity index (χ4v) is 6.50. The molecule has 0 radical (unpaired) electrons. The Morgan fingerprint density at radius 2 is 2.05 bits per heavy atom. The number of ether oxygens (including phenoxy) is 1. The number of fused-ring (bicyclic) bond motifs is 3. The first-order valence-corrected chi connectivity index (χ1v) is 13.8. The largest absolute Gasteiger partial charge is 0.459 e. The fraction of sp³-hybridized carbons (Fsp3) is 0.448. The second kappa shape index (κ2) is 12.1. The van der Waals surface area contributed by atoms with Gasteiger partial charge < -0.3 is 23.9 Å². The first-order chi connectivity index (χ1) is 19.7. The number of furan rings is 1. The minimum Gasteiger partial charge on any atom is -0.459 e. The van der Waals surface area contributed by atoms with Crippen molar-refractivity contribution in [2.24, 2.45) is 17.8 Å². The zero-order valence-corrected chi connectivity index (χ0v) is 23.0. The molecule has 3 aliphatic rings. The Hall–Kier alpha value is -3.58. The van der Waals surface area contributed by atoms with Crippen LogP contribution in [0, 0.1) is 27.9 Å². The van der Waals surface area contributed by atoms with Crippen molar-refractivity contribution in [2.75, 3.05) is 18.6 Å². The van der Waals surface area contributed by atoms with Crippen molar-refractivity contribution in [3.05, 3.63) is 74.8 Å². The fourth-order valence-electron chi connectivity index (χ4n) is 6.50. The standard InChI is InChI=1S/C29H33BN2O9/c1-3-17(11-21-8-9-22(15-33)40-21)7-10-25-26-18(16-39-2)12-23-27(24(26)14-30(36)41-25)29(35)31(28(23)34)19-5-4-6-20(13-19)32(37)38/h4-6,8-9,11,13,23-25,27,33,36H,3,7,10,12,14-16H2,1-2H3/b17-11+/t23-,24+,25-,27-/m1/s1. The van der Waals surface area contributed by atoms with Crippen molar-refractivity contribution in [3.63, 3.8) is 0 Å². The van der Waals surface area contributed by atoms with E-state index in [9.17, 15) is 29.8 Å². The minimum atomic E-state index is -1.11. The number of allylic oxidation sites excluding steroid dienone is 1. The molecular formula is C29H33BN2O9. The van der Waals surface area contributed by atoms with Gasteiger partial charge in [0.25, 0.3) is 5.69 Å². The van der Waals surface area contributed by atoms with Crippen LogP contribution in [0.15, 0.2) is 57.5 Å². The van der Waals surface area contributed by atoms with E-state index in [1.165, 1.54) is 24.3 Å². The Morgan fingerprint density at radius 3 is 2.73 bits per heavy atom. The smallest absolute Gasteiger partial charge is 0.455 e. The monoisotopic (exact) mass is 564 g/mol. The van der Waals surface area contributed by atoms with E-state index in [4.69, 9.17) is 13.8 Å². The number of hydrogen-bond acceptors (Lipinski definition) is 9. The summed E-state index contributed by atoms with van der Waals surface area (Å²) in [5, 5.41) is 31.4. The number of carbonyl (C=O) groups is 2. The molecule has 2 saturated heterocycles. The van der Waals surface area contributed by atoms with Crippen LogP contribution in [0.3, 0.4) is 0 Å². The quantitative estimate of drug-likeness (QED) is 0.144. The summed E-state index contributed by atoms with van der Waals surface area (Å²) in [6.45, 7) is 2.12. The van der Waals surface area contributed by atoms with E-state index in [1.807, 2.05) is 13.0 Å². The van der Waals surface area contributed by atoms with Crippen LogP contribution in [-0.2, 0) is 25.6 Å². The lowest BCUT2D eigenvalue weighted by molar-refractivity contribution is -0.384. The summed E-state index contributed by atoms with van der Waals surface area (Å²) in [7, 11) is 0.457. The van der Waals surface area contributed by atoms with Gasteiger partial charge in [0.2, 0.25) is 11.8 Å². The molecule has 2 aromatic rings. The highest BCUT2D eigenvalue weighted by Crippen LogP contribution is 2.51. The molecule has 5 rings (SSSR count). The van der Waals surface area contributed by atoms with Crippen LogP contribution >= 0.6 is 0 Å². The number of aliphatic hydroxyl groups is 1. The Balaban J connectivity index is 1.44. The topological polar surface area (TPSA) is 153 Å². The zero-order chi connectivity index (χ0) is 29.3. The van der Waals surface area contributed by atoms with Gasteiger partial charge in [-0.3, -0.25) is 19.7 Å². The number of hydrogen-bond donors (Lipinski definition) is 2. The lowest BCUT2D eigenvalue weighted by atomic mass is 9.58. The van der Waals surface area contributed by atoms with Crippen molar-refractivity contribution < 1.29 is 38.5 Å². The van der Waals surface area contributed by atoms with Crippen LogP contribution in [0.4, 0.5) is 11.4 Å². The number of nitrogens with zero attached hydrogens (tertiary/aromatic N) is 2. The van der Waals surface area contributed by atoms with E-state index in [0.29, 0.717) is 30.8 Å². The van der Waals surface area contributed by atoms with Gasteiger partial charge in [-0.1, -0.05) is 18.6 Å². The molecule has 1 aromatic heterocycles. The van der Waals surface area contributed by atoms with Crippen molar-refractivity contribution in [3.8, 4) is 0 Å². The number of non-ortho nitro benzene ring substituents is 1. The van der Waals surface area contributed by atoms with Gasteiger partial charge in [0.15, 0.2) is 0 Å². The van der Waals surface area contributed by atoms with Crippen LogP contribution in [0.5, 0.6) is 0 Å². The van der Waals surface area contributed by atoms with Crippen LogP contribution in [-0.4, -0.2) is 53.8 Å². The van der Waals surface area contributed by atoms with E-state index in [0.717, 1.165) is 28.0 Å². The Labute approximate surface area is 237 Å². The summed E-state index contributed by atoms with van der Waals surface area (Å²) in [4.78, 5) is 39.3. The second-order valence-electron chi connectivity index (χ2n) is 10.7. The van der Waals surface area contributed by atoms with E-state index in [1.54, 1.807) is 19.2 Å². The van der Waals surface area contributed by atoms with Crippen LogP contribution in [0.1, 0.15) is 44.1 Å². The molecule has 1 aliphatic carbocycles. The first-order valence-electron chi connectivity index (χ1n) is 13.8. The number of rotatable bonds is 10. The average molecular weight is 564 g/mol. The van der Waals surface area contributed by atoms with Crippen LogP contribution < -0.4 is 4.90 Å². The van der Waals surface area contributed by atoms with Gasteiger partial charge in [-0.05, 0) is 73.3 Å². The first kappa shape index (κ1) is 28.9. The predicted molar refractivity (Wildman–Crippen MR) is 149 cm³/mol. The maximum absolute atomic E-state index is 13.8. The maximum atomic E-state index is 13.8. The summed E-state index contributed by atoms with van der Waals surface area (Å²) in [5.74, 6) is -1.49. The Kier molecular flexibility index (Phi) is 8.55. The molecule has 4 atom stereocenters. The SMILES string of the molecule is CC/C(=C\c1ccc(CO)o1)CC[C@H]1OB(O)C[C@H]2C1=C(COC)C[C@H]1C(=O)N(c3cccc([N+](=O)[O-])c3)C(=O)[C@H]12. The number of methoxy groups -OCH3 is 1. The maximum Gasteiger partial charge on any atom is 0.455 e. The normalized spacial score (nSPS) is 24.6. The molecule has 2 N–H and O–H groups in total. The van der Waals surface area contributed by atoms with Gasteiger partial charge in [0.05, 0.1) is 35.2 Å². The highest BCUT2D eigenvalue weighted by molar-refractivity contribution is 6.43. The van der Waals surface area contributed by atoms with Crippen molar-refractivity contribution in [2.45, 2.75) is 51.6 Å². The predicted octanol–water partition coefficient (Wildman–Crippen LogP) is 3.90. The number of imide groups is 1. The molecular weight excluding hydrogens is 531 g/mol. The van der Waals surface area contributed by atoms with E-state index in [2.05, 4.69) is 0 Å². The summed E-state index contributed by atoms with van der Waals surface area (Å²) in [6, 6.07) is 9.05. The molecule has 0 spiro atoms. The van der Waals surface area contributed by atoms with Crippen molar-refractivity contribution in [1.29, 1.82) is 0 Å². The highest BCUT2D eigenvalue weighted by atomic mass is 16.6. The number of aliphatic hydroxyl groups excluding tert-OH is 1. The Bertz CT molecular complexity index is 1400. The average Bonchev–Trinajstić information content (AvgIpc) is 3.52. The molecule has 2 aliphatic heterocycles. The number of carbonyl (C=O) groups excluding carboxylic acids is 2. The third kappa shape index (κ3) is 5.65. The van der Waals surface area contributed by atoms with Crippen molar-refractivity contribution >= 4 is 36.4 Å². The molecule has 11 nitrogen and oxygen atoms in total. The zero-order valence-electron chi connectivity index (χ0n) is 23.0. The van der Waals surface area contributed by atoms with E-state index < -0.39 is 47.7 Å². The molecule has 0 unspecified atom stereocenters. The van der Waals surface area contributed by atoms with E-state index in [-0.39, 0.29) is 30.9 Å². The lowest BCUT2D eigenvalue weighted by Crippen LogP contribution is -2.46. The number of nitro benzene ring substituents is 1. The molecule has 0 bridgehead atoms. The van der Waals surface area contributed by atoms with Gasteiger partial charge in [-0.2, -0.15) is 0 Å². The molecule has 12 heteroatoms. The minimum absolute atomic E-state index is 0.162. The summed E-state index contributed by atoms with van der Waals surface area (Å²) in [5.41, 5.74) is 2.84. The molecule has 3 heterocycles. The van der Waals surface area contributed by atoms with Gasteiger partial charge in [-0.25, -0.2) is 4.90 Å². The van der Waals surface area contributed by atoms with Gasteiger partial charge in [0.1, 0.15) is 18.1 Å². The summed E-state index contributed by atoms with van der Waals surface area (Å²) < 4.78 is 17.2. The van der Waals surface area contributed by atoms with Gasteiger partial charge >= 0.3 is 7.12 Å². The summed E-state index contributed by atoms with van der Waals surface area (Å²) in [6.07, 6.45) is 3.86. The third-order valence-electron chi connectivity index (χ3n) is 8.29. The highest BCUT2D eigenvalue weighted by Gasteiger charge is 2.57. The molecule has 2 amide bonds. The molecule has 0 saturated carbocycles. The lowest BCUT2D eigenvalue weighted by Gasteiger charge is -2.43. The number of nitro groups is 1. The Morgan fingerprint density at radius 1 is 1.24 bits per heavy atom. The molecule has 2 fully saturated rings. The van der Waals surface area contributed by atoms with Crippen LogP contribution in [0.2, 0.25) is 6.32 Å².